The molecule has 172 valence electrons. The molecule has 1 saturated carbocycles. The fourth-order valence-corrected chi connectivity index (χ4v) is 4.90. The molecular weight excluding hydrogens is 392 g/mol. The summed E-state index contributed by atoms with van der Waals surface area (Å²) in [5, 5.41) is 0. The molecule has 3 aliphatic rings. The van der Waals surface area contributed by atoms with Crippen molar-refractivity contribution in [2.45, 2.75) is 57.6 Å². The number of morpholine rings is 1. The molecule has 1 unspecified atom stereocenters. The van der Waals surface area contributed by atoms with E-state index in [2.05, 4.69) is 21.9 Å². The Morgan fingerprint density at radius 3 is 2.48 bits per heavy atom. The number of carbonyl (C=O) groups excluding carboxylic acids is 1. The number of hydrogen-bond donors (Lipinski definition) is 0. The molecule has 2 heterocycles. The number of ether oxygens (including phenoxy) is 3. The zero-order chi connectivity index (χ0) is 21.3. The summed E-state index contributed by atoms with van der Waals surface area (Å²) in [6.45, 7) is 7.41. The normalized spacial score (nSPS) is 23.0. The van der Waals surface area contributed by atoms with Crippen LogP contribution in [0.4, 0.5) is 0 Å². The highest BCUT2D eigenvalue weighted by atomic mass is 16.5. The van der Waals surface area contributed by atoms with E-state index in [0.717, 1.165) is 76.5 Å². The summed E-state index contributed by atoms with van der Waals surface area (Å²) in [7, 11) is 0. The first-order valence-electron chi connectivity index (χ1n) is 12.2. The first-order chi connectivity index (χ1) is 15.3. The minimum absolute atomic E-state index is 0.190. The van der Waals surface area contributed by atoms with E-state index in [4.69, 9.17) is 14.2 Å². The number of carbonyl (C=O) groups is 1. The van der Waals surface area contributed by atoms with Crippen molar-refractivity contribution in [3.8, 4) is 5.75 Å². The van der Waals surface area contributed by atoms with E-state index >= 15 is 0 Å². The third-order valence-corrected chi connectivity index (χ3v) is 6.79. The van der Waals surface area contributed by atoms with Crippen molar-refractivity contribution in [3.63, 3.8) is 0 Å². The molecule has 1 amide bonds. The van der Waals surface area contributed by atoms with Gasteiger partial charge in [-0.2, -0.15) is 0 Å². The molecule has 1 aromatic rings. The van der Waals surface area contributed by atoms with Gasteiger partial charge >= 0.3 is 0 Å². The van der Waals surface area contributed by atoms with Crippen LogP contribution in [0.2, 0.25) is 0 Å². The molecular formula is C25H38N2O4. The second kappa shape index (κ2) is 11.8. The molecule has 4 rings (SSSR count). The fourth-order valence-electron chi connectivity index (χ4n) is 4.90. The van der Waals surface area contributed by atoms with Crippen LogP contribution in [0, 0.1) is 5.92 Å². The molecule has 0 spiro atoms. The molecule has 3 fully saturated rings. The maximum absolute atomic E-state index is 13.3. The first kappa shape index (κ1) is 22.6. The Hall–Kier alpha value is -1.63. The molecule has 0 radical (unpaired) electrons. The average Bonchev–Trinajstić information content (AvgIpc) is 3.34. The summed E-state index contributed by atoms with van der Waals surface area (Å²) in [5.41, 5.74) is 1.16. The molecule has 31 heavy (non-hydrogen) atoms. The van der Waals surface area contributed by atoms with Gasteiger partial charge in [0.15, 0.2) is 0 Å². The Morgan fingerprint density at radius 2 is 1.77 bits per heavy atom. The van der Waals surface area contributed by atoms with Gasteiger partial charge in [0.25, 0.3) is 0 Å². The van der Waals surface area contributed by atoms with Crippen LogP contribution >= 0.6 is 0 Å². The van der Waals surface area contributed by atoms with Gasteiger partial charge in [0, 0.05) is 45.2 Å². The topological polar surface area (TPSA) is 51.2 Å². The smallest absolute Gasteiger partial charge is 0.226 e. The van der Waals surface area contributed by atoms with Crippen molar-refractivity contribution in [2.75, 3.05) is 52.6 Å². The van der Waals surface area contributed by atoms with Gasteiger partial charge in [0.2, 0.25) is 5.91 Å². The minimum atomic E-state index is 0.190. The van der Waals surface area contributed by atoms with Crippen LogP contribution in [0.15, 0.2) is 24.3 Å². The zero-order valence-corrected chi connectivity index (χ0v) is 18.8. The molecule has 0 N–H and O–H groups in total. The summed E-state index contributed by atoms with van der Waals surface area (Å²) in [5.74, 6) is 1.40. The highest BCUT2D eigenvalue weighted by molar-refractivity contribution is 5.79. The van der Waals surface area contributed by atoms with E-state index in [0.29, 0.717) is 25.6 Å². The summed E-state index contributed by atoms with van der Waals surface area (Å²) in [6.07, 6.45) is 8.06. The summed E-state index contributed by atoms with van der Waals surface area (Å²) in [4.78, 5) is 17.7. The quantitative estimate of drug-likeness (QED) is 0.600. The lowest BCUT2D eigenvalue weighted by molar-refractivity contribution is -0.138. The predicted octanol–water partition coefficient (Wildman–Crippen LogP) is 3.49. The highest BCUT2D eigenvalue weighted by Gasteiger charge is 2.29. The zero-order valence-electron chi connectivity index (χ0n) is 18.8. The van der Waals surface area contributed by atoms with Gasteiger partial charge in [0.05, 0.1) is 19.3 Å². The standard InChI is InChI=1S/C25H38N2O4/c28-25(22-5-2-1-3-6-22)27(20-24-7-4-15-30-24)19-21-8-10-23(11-9-21)31-18-14-26-12-16-29-17-13-26/h8-11,22,24H,1-7,12-20H2. The number of benzene rings is 1. The van der Waals surface area contributed by atoms with Crippen molar-refractivity contribution in [1.29, 1.82) is 0 Å². The second-order valence-electron chi connectivity index (χ2n) is 9.14. The van der Waals surface area contributed by atoms with E-state index in [1.165, 1.54) is 19.3 Å². The van der Waals surface area contributed by atoms with Gasteiger partial charge in [-0.15, -0.1) is 0 Å². The van der Waals surface area contributed by atoms with Crippen LogP contribution in [0.5, 0.6) is 5.75 Å². The molecule has 6 nitrogen and oxygen atoms in total. The fraction of sp³-hybridized carbons (Fsp3) is 0.720. The number of amides is 1. The van der Waals surface area contributed by atoms with Crippen molar-refractivity contribution in [2.24, 2.45) is 5.92 Å². The van der Waals surface area contributed by atoms with E-state index < -0.39 is 0 Å². The Labute approximate surface area is 186 Å². The summed E-state index contributed by atoms with van der Waals surface area (Å²) in [6, 6.07) is 8.26. The molecule has 1 atom stereocenters. The Kier molecular flexibility index (Phi) is 8.62. The van der Waals surface area contributed by atoms with Gasteiger partial charge in [-0.1, -0.05) is 31.4 Å². The van der Waals surface area contributed by atoms with E-state index in [1.807, 2.05) is 12.1 Å². The third kappa shape index (κ3) is 6.93. The van der Waals surface area contributed by atoms with Crippen molar-refractivity contribution in [1.82, 2.24) is 9.80 Å². The largest absolute Gasteiger partial charge is 0.492 e. The first-order valence-corrected chi connectivity index (χ1v) is 12.2. The molecule has 6 heteroatoms. The molecule has 0 bridgehead atoms. The van der Waals surface area contributed by atoms with Gasteiger partial charge < -0.3 is 19.1 Å². The highest BCUT2D eigenvalue weighted by Crippen LogP contribution is 2.27. The predicted molar refractivity (Wildman–Crippen MR) is 120 cm³/mol. The lowest BCUT2D eigenvalue weighted by Crippen LogP contribution is -2.41. The lowest BCUT2D eigenvalue weighted by Gasteiger charge is -2.31. The molecule has 1 aliphatic carbocycles. The van der Waals surface area contributed by atoms with Crippen molar-refractivity contribution in [3.05, 3.63) is 29.8 Å². The molecule has 0 aromatic heterocycles. The van der Waals surface area contributed by atoms with Crippen LogP contribution < -0.4 is 4.74 Å². The van der Waals surface area contributed by atoms with E-state index in [1.54, 1.807) is 0 Å². The average molecular weight is 431 g/mol. The van der Waals surface area contributed by atoms with Crippen LogP contribution in [-0.4, -0.2) is 74.4 Å². The maximum atomic E-state index is 13.3. The van der Waals surface area contributed by atoms with Crippen molar-refractivity contribution < 1.29 is 19.0 Å². The SMILES string of the molecule is O=C(C1CCCCC1)N(Cc1ccc(OCCN2CCOCC2)cc1)CC1CCCO1. The van der Waals surface area contributed by atoms with Gasteiger partial charge in [-0.05, 0) is 43.4 Å². The van der Waals surface area contributed by atoms with E-state index in [9.17, 15) is 4.79 Å². The van der Waals surface area contributed by atoms with Crippen LogP contribution in [0.3, 0.4) is 0 Å². The monoisotopic (exact) mass is 430 g/mol. The van der Waals surface area contributed by atoms with E-state index in [-0.39, 0.29) is 12.0 Å². The van der Waals surface area contributed by atoms with Crippen molar-refractivity contribution >= 4 is 5.91 Å². The Bertz CT molecular complexity index is 663. The van der Waals surface area contributed by atoms with Crippen LogP contribution in [-0.2, 0) is 20.8 Å². The number of hydrogen-bond acceptors (Lipinski definition) is 5. The van der Waals surface area contributed by atoms with Gasteiger partial charge in [-0.3, -0.25) is 9.69 Å². The van der Waals surface area contributed by atoms with Crippen LogP contribution in [0.25, 0.3) is 0 Å². The number of rotatable bonds is 9. The number of nitrogens with zero attached hydrogens (tertiary/aromatic N) is 2. The lowest BCUT2D eigenvalue weighted by atomic mass is 9.88. The third-order valence-electron chi connectivity index (χ3n) is 6.79. The van der Waals surface area contributed by atoms with Gasteiger partial charge in [0.1, 0.15) is 12.4 Å². The summed E-state index contributed by atoms with van der Waals surface area (Å²) < 4.78 is 17.2. The molecule has 2 aliphatic heterocycles. The van der Waals surface area contributed by atoms with Crippen LogP contribution in [0.1, 0.15) is 50.5 Å². The Balaban J connectivity index is 1.30. The van der Waals surface area contributed by atoms with Gasteiger partial charge in [-0.25, -0.2) is 0 Å². The molecule has 1 aromatic carbocycles. The second-order valence-corrected chi connectivity index (χ2v) is 9.14. The molecule has 2 saturated heterocycles. The Morgan fingerprint density at radius 1 is 1.00 bits per heavy atom. The maximum Gasteiger partial charge on any atom is 0.226 e. The summed E-state index contributed by atoms with van der Waals surface area (Å²) >= 11 is 0. The minimum Gasteiger partial charge on any atom is -0.492 e.